The Morgan fingerprint density at radius 2 is 1.83 bits per heavy atom. The number of hydrogen-bond acceptors (Lipinski definition) is 2. The molecule has 2 aromatic rings. The lowest BCUT2D eigenvalue weighted by Crippen LogP contribution is -2.38. The molecule has 2 N–H and O–H groups in total. The zero-order valence-corrected chi connectivity index (χ0v) is 18.2. The van der Waals surface area contributed by atoms with Crippen LogP contribution >= 0.6 is 0 Å². The van der Waals surface area contributed by atoms with Gasteiger partial charge in [0.2, 0.25) is 5.56 Å². The lowest BCUT2D eigenvalue weighted by Gasteiger charge is -2.11. The largest absolute Gasteiger partial charge is 0.357 e. The lowest BCUT2D eigenvalue weighted by atomic mass is 10.0. The van der Waals surface area contributed by atoms with Gasteiger partial charge in [-0.1, -0.05) is 44.2 Å². The summed E-state index contributed by atoms with van der Waals surface area (Å²) < 4.78 is 1.76. The number of aromatic nitrogens is 1. The third kappa shape index (κ3) is 8.55. The van der Waals surface area contributed by atoms with Gasteiger partial charge in [0.15, 0.2) is 5.96 Å². The maximum absolute atomic E-state index is 11.7. The van der Waals surface area contributed by atoms with Gasteiger partial charge in [-0.3, -0.25) is 9.79 Å². The van der Waals surface area contributed by atoms with Crippen LogP contribution in [0.25, 0.3) is 0 Å². The highest BCUT2D eigenvalue weighted by Crippen LogP contribution is 2.15. The van der Waals surface area contributed by atoms with E-state index in [4.69, 9.17) is 0 Å². The Balaban J connectivity index is 1.67. The average Bonchev–Trinajstić information content (AvgIpc) is 2.72. The number of hydrogen-bond donors (Lipinski definition) is 2. The predicted molar refractivity (Wildman–Crippen MR) is 123 cm³/mol. The molecule has 0 fully saturated rings. The van der Waals surface area contributed by atoms with Crippen molar-refractivity contribution in [2.45, 2.75) is 58.9 Å². The predicted octanol–water partition coefficient (Wildman–Crippen LogP) is 3.94. The fourth-order valence-corrected chi connectivity index (χ4v) is 3.14. The van der Waals surface area contributed by atoms with Crippen LogP contribution in [0.5, 0.6) is 0 Å². The quantitative estimate of drug-likeness (QED) is 0.344. The Morgan fingerprint density at radius 3 is 2.52 bits per heavy atom. The van der Waals surface area contributed by atoms with Crippen LogP contribution in [0.3, 0.4) is 0 Å². The Hall–Kier alpha value is -2.56. The Labute approximate surface area is 175 Å². The number of guanidine groups is 1. The summed E-state index contributed by atoms with van der Waals surface area (Å²) in [6, 6.07) is 14.2. The van der Waals surface area contributed by atoms with Gasteiger partial charge in [0.05, 0.1) is 0 Å². The number of aryl methyl sites for hydroxylation is 2. The van der Waals surface area contributed by atoms with E-state index in [1.165, 1.54) is 11.1 Å². The second kappa shape index (κ2) is 12.8. The average molecular weight is 397 g/mol. The summed E-state index contributed by atoms with van der Waals surface area (Å²) in [5.41, 5.74) is 2.83. The molecule has 0 spiro atoms. The number of aliphatic imine (C=N–C) groups is 1. The fourth-order valence-electron chi connectivity index (χ4n) is 3.14. The van der Waals surface area contributed by atoms with E-state index in [-0.39, 0.29) is 5.56 Å². The standard InChI is InChI=1S/C24H36N4O/c1-4-25-24(26-16-6-8-19-28-18-7-5-11-23(28)29)27-17-9-10-21-12-14-22(15-13-21)20(2)3/h5,7,11-15,18,20H,4,6,8-10,16-17,19H2,1-3H3,(H2,25,26,27). The molecule has 0 aliphatic heterocycles. The Kier molecular flexibility index (Phi) is 10.0. The molecule has 0 aliphatic carbocycles. The molecular weight excluding hydrogens is 360 g/mol. The second-order valence-electron chi connectivity index (χ2n) is 7.63. The molecule has 1 aromatic heterocycles. The first-order valence-electron chi connectivity index (χ1n) is 10.9. The molecule has 0 saturated heterocycles. The molecule has 0 saturated carbocycles. The summed E-state index contributed by atoms with van der Waals surface area (Å²) in [5.74, 6) is 1.45. The highest BCUT2D eigenvalue weighted by Gasteiger charge is 2.00. The van der Waals surface area contributed by atoms with Crippen LogP contribution < -0.4 is 16.2 Å². The minimum Gasteiger partial charge on any atom is -0.357 e. The fraction of sp³-hybridized carbons (Fsp3) is 0.500. The summed E-state index contributed by atoms with van der Waals surface area (Å²) in [6.45, 7) is 9.79. The van der Waals surface area contributed by atoms with Gasteiger partial charge in [-0.05, 0) is 55.7 Å². The molecule has 1 aromatic carbocycles. The third-order valence-electron chi connectivity index (χ3n) is 4.90. The van der Waals surface area contributed by atoms with Crippen molar-refractivity contribution in [2.75, 3.05) is 19.6 Å². The number of nitrogens with one attached hydrogen (secondary N) is 2. The highest BCUT2D eigenvalue weighted by atomic mass is 16.1. The van der Waals surface area contributed by atoms with Crippen LogP contribution in [0.15, 0.2) is 58.4 Å². The van der Waals surface area contributed by atoms with Crippen LogP contribution in [0.1, 0.15) is 57.1 Å². The molecular formula is C24H36N4O. The minimum atomic E-state index is 0.0641. The van der Waals surface area contributed by atoms with E-state index in [1.807, 2.05) is 12.3 Å². The molecule has 29 heavy (non-hydrogen) atoms. The van der Waals surface area contributed by atoms with E-state index in [1.54, 1.807) is 16.7 Å². The van der Waals surface area contributed by atoms with E-state index in [0.717, 1.165) is 57.8 Å². The van der Waals surface area contributed by atoms with E-state index < -0.39 is 0 Å². The molecule has 1 heterocycles. The Bertz CT molecular complexity index is 793. The monoisotopic (exact) mass is 396 g/mol. The zero-order valence-electron chi connectivity index (χ0n) is 18.2. The van der Waals surface area contributed by atoms with Gasteiger partial charge in [0.1, 0.15) is 0 Å². The first kappa shape index (κ1) is 22.7. The normalized spacial score (nSPS) is 11.7. The van der Waals surface area contributed by atoms with E-state index in [2.05, 4.69) is 60.7 Å². The van der Waals surface area contributed by atoms with Gasteiger partial charge in [-0.25, -0.2) is 0 Å². The van der Waals surface area contributed by atoms with Crippen molar-refractivity contribution in [2.24, 2.45) is 4.99 Å². The van der Waals surface area contributed by atoms with Gasteiger partial charge in [0, 0.05) is 38.4 Å². The molecule has 158 valence electrons. The summed E-state index contributed by atoms with van der Waals surface area (Å²) >= 11 is 0. The van der Waals surface area contributed by atoms with E-state index in [9.17, 15) is 4.79 Å². The van der Waals surface area contributed by atoms with Crippen LogP contribution in [0.4, 0.5) is 0 Å². The minimum absolute atomic E-state index is 0.0641. The molecule has 0 unspecified atom stereocenters. The van der Waals surface area contributed by atoms with Crippen molar-refractivity contribution in [1.82, 2.24) is 15.2 Å². The van der Waals surface area contributed by atoms with Crippen LogP contribution in [0, 0.1) is 0 Å². The van der Waals surface area contributed by atoms with Crippen LogP contribution in [0.2, 0.25) is 0 Å². The van der Waals surface area contributed by atoms with Gasteiger partial charge in [0.25, 0.3) is 0 Å². The maximum Gasteiger partial charge on any atom is 0.250 e. The number of benzene rings is 1. The van der Waals surface area contributed by atoms with Crippen LogP contribution in [-0.2, 0) is 13.0 Å². The Morgan fingerprint density at radius 1 is 1.03 bits per heavy atom. The van der Waals surface area contributed by atoms with E-state index >= 15 is 0 Å². The first-order chi connectivity index (χ1) is 14.1. The number of nitrogens with zero attached hydrogens (tertiary/aromatic N) is 2. The molecule has 0 bridgehead atoms. The van der Waals surface area contributed by atoms with Crippen molar-refractivity contribution >= 4 is 5.96 Å². The summed E-state index contributed by atoms with van der Waals surface area (Å²) in [7, 11) is 0. The van der Waals surface area contributed by atoms with Gasteiger partial charge >= 0.3 is 0 Å². The maximum atomic E-state index is 11.7. The van der Waals surface area contributed by atoms with Crippen molar-refractivity contribution in [3.05, 3.63) is 70.1 Å². The van der Waals surface area contributed by atoms with Gasteiger partial charge in [-0.2, -0.15) is 0 Å². The topological polar surface area (TPSA) is 58.4 Å². The molecule has 0 aliphatic rings. The highest BCUT2D eigenvalue weighted by molar-refractivity contribution is 5.79. The number of rotatable bonds is 11. The van der Waals surface area contributed by atoms with Gasteiger partial charge in [-0.15, -0.1) is 0 Å². The number of pyridine rings is 1. The van der Waals surface area contributed by atoms with Gasteiger partial charge < -0.3 is 15.2 Å². The number of unbranched alkanes of at least 4 members (excludes halogenated alkanes) is 1. The smallest absolute Gasteiger partial charge is 0.250 e. The molecule has 5 heteroatoms. The van der Waals surface area contributed by atoms with Crippen LogP contribution in [-0.4, -0.2) is 30.2 Å². The summed E-state index contributed by atoms with van der Waals surface area (Å²) in [5, 5.41) is 6.69. The first-order valence-corrected chi connectivity index (χ1v) is 10.9. The molecule has 0 radical (unpaired) electrons. The summed E-state index contributed by atoms with van der Waals surface area (Å²) in [4.78, 5) is 16.4. The SMILES string of the molecule is CCNC(=NCCCc1ccc(C(C)C)cc1)NCCCCn1ccccc1=O. The molecule has 5 nitrogen and oxygen atoms in total. The zero-order chi connectivity index (χ0) is 20.9. The van der Waals surface area contributed by atoms with Crippen molar-refractivity contribution in [3.63, 3.8) is 0 Å². The van der Waals surface area contributed by atoms with Crippen molar-refractivity contribution < 1.29 is 0 Å². The summed E-state index contributed by atoms with van der Waals surface area (Å²) in [6.07, 6.45) is 5.88. The third-order valence-corrected chi connectivity index (χ3v) is 4.90. The molecule has 2 rings (SSSR count). The van der Waals surface area contributed by atoms with E-state index in [0.29, 0.717) is 5.92 Å². The lowest BCUT2D eigenvalue weighted by molar-refractivity contribution is 0.585. The molecule has 0 amide bonds. The van der Waals surface area contributed by atoms with Crippen molar-refractivity contribution in [1.29, 1.82) is 0 Å². The molecule has 0 atom stereocenters. The van der Waals surface area contributed by atoms with Crippen molar-refractivity contribution in [3.8, 4) is 0 Å². The second-order valence-corrected chi connectivity index (χ2v) is 7.63.